The summed E-state index contributed by atoms with van der Waals surface area (Å²) in [7, 11) is 0. The van der Waals surface area contributed by atoms with E-state index in [0.717, 1.165) is 32.6 Å². The second kappa shape index (κ2) is 7.74. The van der Waals surface area contributed by atoms with Crippen LogP contribution < -0.4 is 5.32 Å². The fourth-order valence-electron chi connectivity index (χ4n) is 3.18. The van der Waals surface area contributed by atoms with E-state index in [-0.39, 0.29) is 11.8 Å². The molecule has 1 unspecified atom stereocenters. The summed E-state index contributed by atoms with van der Waals surface area (Å²) in [6.45, 7) is 7.94. The molecule has 6 nitrogen and oxygen atoms in total. The first-order valence-electron chi connectivity index (χ1n) is 8.81. The molecule has 2 saturated heterocycles. The number of pyridine rings is 1. The SMILES string of the molecule is CC1(C)SCC(C(=O)N2CCCN(Cc3cccnc3)CC2)NC1=O. The van der Waals surface area contributed by atoms with Crippen LogP contribution >= 0.6 is 11.8 Å². The van der Waals surface area contributed by atoms with Gasteiger partial charge in [-0.3, -0.25) is 19.5 Å². The van der Waals surface area contributed by atoms with Gasteiger partial charge in [0.25, 0.3) is 0 Å². The zero-order chi connectivity index (χ0) is 17.9. The average molecular weight is 362 g/mol. The van der Waals surface area contributed by atoms with Gasteiger partial charge >= 0.3 is 0 Å². The van der Waals surface area contributed by atoms with Crippen LogP contribution in [0.15, 0.2) is 24.5 Å². The minimum absolute atomic E-state index is 0.0462. The van der Waals surface area contributed by atoms with Gasteiger partial charge in [0, 0.05) is 50.9 Å². The largest absolute Gasteiger partial charge is 0.342 e. The normalized spacial score (nSPS) is 24.5. The van der Waals surface area contributed by atoms with Crippen molar-refractivity contribution in [3.63, 3.8) is 0 Å². The first-order valence-corrected chi connectivity index (χ1v) is 9.79. The highest BCUT2D eigenvalue weighted by molar-refractivity contribution is 8.01. The lowest BCUT2D eigenvalue weighted by molar-refractivity contribution is -0.136. The molecule has 136 valence electrons. The second-order valence-electron chi connectivity index (χ2n) is 7.16. The second-order valence-corrected chi connectivity index (χ2v) is 8.81. The van der Waals surface area contributed by atoms with E-state index < -0.39 is 10.8 Å². The maximum absolute atomic E-state index is 12.8. The number of aromatic nitrogens is 1. The standard InChI is InChI=1S/C18H26N4O2S/c1-18(2)17(24)20-15(13-25-18)16(23)22-8-4-7-21(9-10-22)12-14-5-3-6-19-11-14/h3,5-6,11,15H,4,7-10,12-13H2,1-2H3,(H,20,24). The van der Waals surface area contributed by atoms with Crippen molar-refractivity contribution in [1.82, 2.24) is 20.1 Å². The van der Waals surface area contributed by atoms with Gasteiger partial charge in [-0.1, -0.05) is 6.07 Å². The number of rotatable bonds is 3. The maximum atomic E-state index is 12.8. The molecular formula is C18H26N4O2S. The van der Waals surface area contributed by atoms with Crippen LogP contribution in [-0.2, 0) is 16.1 Å². The van der Waals surface area contributed by atoms with Gasteiger partial charge in [-0.05, 0) is 31.9 Å². The van der Waals surface area contributed by atoms with Crippen molar-refractivity contribution in [2.75, 3.05) is 31.9 Å². The number of carbonyl (C=O) groups excluding carboxylic acids is 2. The zero-order valence-corrected chi connectivity index (χ0v) is 15.7. The van der Waals surface area contributed by atoms with Crippen molar-refractivity contribution in [2.45, 2.75) is 37.6 Å². The molecule has 7 heteroatoms. The van der Waals surface area contributed by atoms with Gasteiger partial charge in [0.15, 0.2) is 0 Å². The number of amides is 2. The third-order valence-corrected chi connectivity index (χ3v) is 6.20. The molecule has 2 fully saturated rings. The Balaban J connectivity index is 1.54. The Morgan fingerprint density at radius 1 is 1.36 bits per heavy atom. The van der Waals surface area contributed by atoms with E-state index >= 15 is 0 Å². The predicted molar refractivity (Wildman–Crippen MR) is 99.2 cm³/mol. The highest BCUT2D eigenvalue weighted by atomic mass is 32.2. The van der Waals surface area contributed by atoms with E-state index in [0.29, 0.717) is 12.3 Å². The molecule has 3 heterocycles. The lowest BCUT2D eigenvalue weighted by Crippen LogP contribution is -2.58. The van der Waals surface area contributed by atoms with Crippen LogP contribution in [0.4, 0.5) is 0 Å². The number of hydrogen-bond donors (Lipinski definition) is 1. The molecule has 0 radical (unpaired) electrons. The van der Waals surface area contributed by atoms with Gasteiger partial charge in [-0.2, -0.15) is 0 Å². The van der Waals surface area contributed by atoms with Crippen molar-refractivity contribution >= 4 is 23.6 Å². The van der Waals surface area contributed by atoms with Crippen LogP contribution in [0.5, 0.6) is 0 Å². The van der Waals surface area contributed by atoms with Crippen molar-refractivity contribution in [3.8, 4) is 0 Å². The molecule has 0 spiro atoms. The Kier molecular flexibility index (Phi) is 5.64. The summed E-state index contributed by atoms with van der Waals surface area (Å²) in [5.41, 5.74) is 1.19. The Bertz CT molecular complexity index is 623. The average Bonchev–Trinajstić information content (AvgIpc) is 2.83. The van der Waals surface area contributed by atoms with E-state index in [2.05, 4.69) is 21.3 Å². The molecule has 0 aromatic carbocycles. The van der Waals surface area contributed by atoms with E-state index in [1.54, 1.807) is 18.0 Å². The maximum Gasteiger partial charge on any atom is 0.246 e. The topological polar surface area (TPSA) is 65.5 Å². The molecule has 1 aromatic rings. The highest BCUT2D eigenvalue weighted by Crippen LogP contribution is 2.29. The Morgan fingerprint density at radius 2 is 2.20 bits per heavy atom. The van der Waals surface area contributed by atoms with E-state index in [1.165, 1.54) is 5.56 Å². The molecule has 2 aliphatic rings. The minimum atomic E-state index is -0.448. The fourth-order valence-corrected chi connectivity index (χ4v) is 4.18. The summed E-state index contributed by atoms with van der Waals surface area (Å²) in [5.74, 6) is 0.655. The van der Waals surface area contributed by atoms with Crippen molar-refractivity contribution in [1.29, 1.82) is 0 Å². The monoisotopic (exact) mass is 362 g/mol. The highest BCUT2D eigenvalue weighted by Gasteiger charge is 2.39. The van der Waals surface area contributed by atoms with Gasteiger partial charge in [-0.25, -0.2) is 0 Å². The summed E-state index contributed by atoms with van der Waals surface area (Å²) in [6.07, 6.45) is 4.62. The van der Waals surface area contributed by atoms with Crippen LogP contribution in [0.3, 0.4) is 0 Å². The number of carbonyl (C=O) groups is 2. The van der Waals surface area contributed by atoms with E-state index in [4.69, 9.17) is 0 Å². The van der Waals surface area contributed by atoms with Crippen LogP contribution in [0.25, 0.3) is 0 Å². The smallest absolute Gasteiger partial charge is 0.246 e. The molecule has 2 aliphatic heterocycles. The van der Waals surface area contributed by atoms with Gasteiger partial charge in [0.1, 0.15) is 6.04 Å². The summed E-state index contributed by atoms with van der Waals surface area (Å²) in [4.78, 5) is 33.4. The van der Waals surface area contributed by atoms with Crippen molar-refractivity contribution in [2.24, 2.45) is 0 Å². The molecule has 0 aliphatic carbocycles. The van der Waals surface area contributed by atoms with Gasteiger partial charge in [0.2, 0.25) is 11.8 Å². The van der Waals surface area contributed by atoms with Gasteiger partial charge < -0.3 is 10.2 Å². The molecule has 0 bridgehead atoms. The first-order chi connectivity index (χ1) is 12.0. The van der Waals surface area contributed by atoms with Crippen molar-refractivity contribution < 1.29 is 9.59 Å². The Hall–Kier alpha value is -1.60. The molecule has 1 atom stereocenters. The van der Waals surface area contributed by atoms with E-state index in [1.807, 2.05) is 31.0 Å². The third-order valence-electron chi connectivity index (χ3n) is 4.79. The molecule has 1 aromatic heterocycles. The summed E-state index contributed by atoms with van der Waals surface area (Å²) in [6, 6.07) is 3.64. The van der Waals surface area contributed by atoms with Crippen LogP contribution in [0, 0.1) is 0 Å². The number of hydrogen-bond acceptors (Lipinski definition) is 5. The van der Waals surface area contributed by atoms with Crippen LogP contribution in [-0.4, -0.2) is 69.3 Å². The summed E-state index contributed by atoms with van der Waals surface area (Å²) < 4.78 is -0.448. The molecule has 1 N–H and O–H groups in total. The third kappa shape index (κ3) is 4.52. The zero-order valence-electron chi connectivity index (χ0n) is 14.9. The summed E-state index contributed by atoms with van der Waals surface area (Å²) in [5, 5.41) is 2.90. The Labute approximate surface area is 153 Å². The minimum Gasteiger partial charge on any atom is -0.342 e. The molecule has 25 heavy (non-hydrogen) atoms. The van der Waals surface area contributed by atoms with E-state index in [9.17, 15) is 9.59 Å². The quantitative estimate of drug-likeness (QED) is 0.873. The fraction of sp³-hybridized carbons (Fsp3) is 0.611. The molecule has 2 amide bonds. The van der Waals surface area contributed by atoms with Crippen molar-refractivity contribution in [3.05, 3.63) is 30.1 Å². The van der Waals surface area contributed by atoms with Gasteiger partial charge in [-0.15, -0.1) is 11.8 Å². The first kappa shape index (κ1) is 18.2. The van der Waals surface area contributed by atoms with Gasteiger partial charge in [0.05, 0.1) is 4.75 Å². The van der Waals surface area contributed by atoms with Crippen LogP contribution in [0.1, 0.15) is 25.8 Å². The lowest BCUT2D eigenvalue weighted by Gasteiger charge is -2.35. The molecular weight excluding hydrogens is 336 g/mol. The van der Waals surface area contributed by atoms with Crippen LogP contribution in [0.2, 0.25) is 0 Å². The number of thioether (sulfide) groups is 1. The number of nitrogens with one attached hydrogen (secondary N) is 1. The number of nitrogens with zero attached hydrogens (tertiary/aromatic N) is 3. The summed E-state index contributed by atoms with van der Waals surface area (Å²) >= 11 is 1.56. The predicted octanol–water partition coefficient (Wildman–Crippen LogP) is 1.13. The Morgan fingerprint density at radius 3 is 2.92 bits per heavy atom. The molecule has 0 saturated carbocycles. The molecule has 3 rings (SSSR count). The lowest BCUT2D eigenvalue weighted by atomic mass is 10.1.